The number of hydrogen-bond donors (Lipinski definition) is 1. The van der Waals surface area contributed by atoms with E-state index < -0.39 is 38.2 Å². The van der Waals surface area contributed by atoms with E-state index in [2.05, 4.69) is 0 Å². The quantitative estimate of drug-likeness (QED) is 0.830. The van der Waals surface area contributed by atoms with Crippen LogP contribution in [0.4, 0.5) is 13.6 Å². The van der Waals surface area contributed by atoms with Crippen LogP contribution in [0.5, 0.6) is 0 Å². The molecule has 0 atom stereocenters. The molecule has 0 spiro atoms. The Morgan fingerprint density at radius 1 is 1.23 bits per heavy atom. The summed E-state index contributed by atoms with van der Waals surface area (Å²) in [6, 6.07) is 2.18. The van der Waals surface area contributed by atoms with Crippen LogP contribution in [0.3, 0.4) is 0 Å². The fourth-order valence-electron chi connectivity index (χ4n) is 2.49. The number of piperidine rings is 1. The number of amides is 1. The summed E-state index contributed by atoms with van der Waals surface area (Å²) in [5, 5.41) is 4.83. The van der Waals surface area contributed by atoms with Crippen molar-refractivity contribution in [3.63, 3.8) is 0 Å². The fraction of sp³-hybridized carbons (Fsp3) is 0.562. The van der Waals surface area contributed by atoms with Gasteiger partial charge in [-0.1, -0.05) is 0 Å². The Kier molecular flexibility index (Phi) is 6.19. The molecule has 0 bridgehead atoms. The lowest BCUT2D eigenvalue weighted by molar-refractivity contribution is 0.0219. The number of sulfonamides is 1. The smallest absolute Gasteiger partial charge is 0.410 e. The van der Waals surface area contributed by atoms with E-state index in [1.54, 1.807) is 25.7 Å². The maximum Gasteiger partial charge on any atom is 0.410 e. The van der Waals surface area contributed by atoms with E-state index in [1.165, 1.54) is 6.07 Å². The van der Waals surface area contributed by atoms with Gasteiger partial charge in [-0.2, -0.15) is 0 Å². The molecule has 0 aromatic heterocycles. The number of halogens is 2. The number of nitrogens with zero attached hydrogens (tertiary/aromatic N) is 1. The Labute approximate surface area is 156 Å². The van der Waals surface area contributed by atoms with Crippen LogP contribution >= 0.6 is 11.8 Å². The number of benzene rings is 1. The summed E-state index contributed by atoms with van der Waals surface area (Å²) in [4.78, 5) is 12.8. The molecule has 1 heterocycles. The highest BCUT2D eigenvalue weighted by molar-refractivity contribution is 8.00. The van der Waals surface area contributed by atoms with Gasteiger partial charge in [0.25, 0.3) is 0 Å². The highest BCUT2D eigenvalue weighted by Crippen LogP contribution is 2.34. The average Bonchev–Trinajstić information content (AvgIpc) is 2.49. The first kappa shape index (κ1) is 20.9. The van der Waals surface area contributed by atoms with E-state index in [9.17, 15) is 22.0 Å². The van der Waals surface area contributed by atoms with Gasteiger partial charge in [-0.05, 0) is 45.7 Å². The highest BCUT2D eigenvalue weighted by Gasteiger charge is 2.28. The maximum atomic E-state index is 14.1. The third kappa shape index (κ3) is 5.31. The molecule has 10 heteroatoms. The van der Waals surface area contributed by atoms with E-state index in [-0.39, 0.29) is 10.1 Å². The molecule has 26 heavy (non-hydrogen) atoms. The van der Waals surface area contributed by atoms with Gasteiger partial charge < -0.3 is 9.64 Å². The fourth-order valence-corrected chi connectivity index (χ4v) is 4.23. The van der Waals surface area contributed by atoms with Crippen molar-refractivity contribution in [2.24, 2.45) is 5.14 Å². The number of carbonyl (C=O) groups is 1. The summed E-state index contributed by atoms with van der Waals surface area (Å²) in [5.41, 5.74) is -0.575. The van der Waals surface area contributed by atoms with E-state index >= 15 is 0 Å². The molecular formula is C16H22F2N2O4S2. The molecule has 0 saturated carbocycles. The Balaban J connectivity index is 2.00. The van der Waals surface area contributed by atoms with Crippen molar-refractivity contribution in [1.29, 1.82) is 0 Å². The molecule has 1 aromatic rings. The molecule has 1 saturated heterocycles. The molecule has 0 aliphatic carbocycles. The number of nitrogens with two attached hydrogens (primary N) is 1. The number of rotatable bonds is 3. The largest absolute Gasteiger partial charge is 0.444 e. The molecule has 1 amide bonds. The van der Waals surface area contributed by atoms with Crippen LogP contribution in [0.25, 0.3) is 0 Å². The van der Waals surface area contributed by atoms with Crippen molar-refractivity contribution in [2.75, 3.05) is 13.1 Å². The summed E-state index contributed by atoms with van der Waals surface area (Å²) in [6.45, 7) is 6.26. The summed E-state index contributed by atoms with van der Waals surface area (Å²) >= 11 is 1.12. The zero-order valence-corrected chi connectivity index (χ0v) is 16.4. The van der Waals surface area contributed by atoms with Gasteiger partial charge in [-0.15, -0.1) is 11.8 Å². The molecule has 6 nitrogen and oxygen atoms in total. The van der Waals surface area contributed by atoms with Crippen molar-refractivity contribution >= 4 is 27.9 Å². The number of likely N-dealkylation sites (tertiary alicyclic amines) is 1. The summed E-state index contributed by atoms with van der Waals surface area (Å²) in [7, 11) is -4.32. The number of primary sulfonamides is 1. The number of ether oxygens (including phenoxy) is 1. The first-order chi connectivity index (χ1) is 11.9. The maximum absolute atomic E-state index is 14.1. The second-order valence-electron chi connectivity index (χ2n) is 7.02. The predicted octanol–water partition coefficient (Wildman–Crippen LogP) is 3.10. The van der Waals surface area contributed by atoms with Gasteiger partial charge >= 0.3 is 6.09 Å². The number of hydrogen-bond acceptors (Lipinski definition) is 5. The topological polar surface area (TPSA) is 89.7 Å². The zero-order chi connectivity index (χ0) is 19.7. The summed E-state index contributed by atoms with van der Waals surface area (Å²) < 4.78 is 55.8. The van der Waals surface area contributed by atoms with Crippen molar-refractivity contribution in [3.05, 3.63) is 23.8 Å². The van der Waals surface area contributed by atoms with Gasteiger partial charge in [0.2, 0.25) is 10.0 Å². The van der Waals surface area contributed by atoms with E-state index in [0.717, 1.165) is 17.8 Å². The second-order valence-corrected chi connectivity index (χ2v) is 9.89. The van der Waals surface area contributed by atoms with E-state index in [1.807, 2.05) is 0 Å². The molecule has 0 unspecified atom stereocenters. The number of carbonyl (C=O) groups excluding carboxylic acids is 1. The first-order valence-electron chi connectivity index (χ1n) is 8.04. The molecule has 2 N–H and O–H groups in total. The molecular weight excluding hydrogens is 386 g/mol. The van der Waals surface area contributed by atoms with Crippen LogP contribution in [-0.4, -0.2) is 43.4 Å². The highest BCUT2D eigenvalue weighted by atomic mass is 32.2. The first-order valence-corrected chi connectivity index (χ1v) is 10.5. The third-order valence-corrected chi connectivity index (χ3v) is 6.01. The van der Waals surface area contributed by atoms with Gasteiger partial charge in [-0.3, -0.25) is 0 Å². The average molecular weight is 408 g/mol. The molecule has 0 radical (unpaired) electrons. The minimum Gasteiger partial charge on any atom is -0.444 e. The van der Waals surface area contributed by atoms with Crippen molar-refractivity contribution in [1.82, 2.24) is 4.90 Å². The van der Waals surface area contributed by atoms with Crippen LogP contribution in [0.15, 0.2) is 21.9 Å². The Morgan fingerprint density at radius 2 is 1.81 bits per heavy atom. The lowest BCUT2D eigenvalue weighted by Crippen LogP contribution is -2.42. The van der Waals surface area contributed by atoms with Crippen molar-refractivity contribution in [2.45, 2.75) is 54.3 Å². The second kappa shape index (κ2) is 7.69. The Bertz CT molecular complexity index is 786. The third-order valence-electron chi connectivity index (χ3n) is 3.71. The zero-order valence-electron chi connectivity index (χ0n) is 14.8. The lowest BCUT2D eigenvalue weighted by atomic mass is 10.1. The molecule has 2 rings (SSSR count). The van der Waals surface area contributed by atoms with Crippen LogP contribution in [0, 0.1) is 11.6 Å². The molecule has 146 valence electrons. The van der Waals surface area contributed by atoms with Gasteiger partial charge in [-0.25, -0.2) is 27.1 Å². The normalized spacial score (nSPS) is 16.6. The minimum atomic E-state index is -4.32. The van der Waals surface area contributed by atoms with Crippen LogP contribution < -0.4 is 5.14 Å². The van der Waals surface area contributed by atoms with Crippen molar-refractivity contribution < 1.29 is 26.7 Å². The summed E-state index contributed by atoms with van der Waals surface area (Å²) in [5.74, 6) is -2.69. The van der Waals surface area contributed by atoms with Gasteiger partial charge in [0, 0.05) is 23.2 Å². The SMILES string of the molecule is CC(C)(C)OC(=O)N1CCC(Sc2ccc(S(N)(=O)=O)c(F)c2F)CC1. The lowest BCUT2D eigenvalue weighted by Gasteiger charge is -2.33. The molecule has 1 aliphatic rings. The van der Waals surface area contributed by atoms with Crippen LogP contribution in [0.1, 0.15) is 33.6 Å². The van der Waals surface area contributed by atoms with E-state index in [4.69, 9.17) is 9.88 Å². The monoisotopic (exact) mass is 408 g/mol. The minimum absolute atomic E-state index is 0.0191. The predicted molar refractivity (Wildman–Crippen MR) is 94.4 cm³/mol. The number of thioether (sulfide) groups is 1. The Morgan fingerprint density at radius 3 is 2.31 bits per heavy atom. The van der Waals surface area contributed by atoms with Gasteiger partial charge in [0.15, 0.2) is 11.6 Å². The Hall–Kier alpha value is -1.39. The van der Waals surface area contributed by atoms with E-state index in [0.29, 0.717) is 25.9 Å². The van der Waals surface area contributed by atoms with Crippen LogP contribution in [-0.2, 0) is 14.8 Å². The van der Waals surface area contributed by atoms with Gasteiger partial charge in [0.05, 0.1) is 0 Å². The standard InChI is InChI=1S/C16H22F2N2O4S2/c1-16(2,3)24-15(21)20-8-6-10(7-9-20)25-11-4-5-12(26(19,22)23)14(18)13(11)17/h4-5,10H,6-9H2,1-3H3,(H2,19,22,23). The van der Waals surface area contributed by atoms with Crippen LogP contribution in [0.2, 0.25) is 0 Å². The molecule has 1 fully saturated rings. The van der Waals surface area contributed by atoms with Crippen molar-refractivity contribution in [3.8, 4) is 0 Å². The molecule has 1 aliphatic heterocycles. The molecule has 1 aromatic carbocycles. The van der Waals surface area contributed by atoms with Gasteiger partial charge in [0.1, 0.15) is 10.5 Å². The summed E-state index contributed by atoms with van der Waals surface area (Å²) in [6.07, 6.45) is 0.778.